The van der Waals surface area contributed by atoms with Gasteiger partial charge in [-0.2, -0.15) is 0 Å². The number of nitrogens with one attached hydrogen (secondary N) is 1. The summed E-state index contributed by atoms with van der Waals surface area (Å²) in [5.74, 6) is 0.00704. The van der Waals surface area contributed by atoms with E-state index in [0.717, 1.165) is 11.1 Å². The number of nitrogens with zero attached hydrogens (tertiary/aromatic N) is 1. The third-order valence-electron chi connectivity index (χ3n) is 6.23. The average molecular weight is 509 g/mol. The van der Waals surface area contributed by atoms with Crippen molar-refractivity contribution in [3.05, 3.63) is 107 Å². The van der Waals surface area contributed by atoms with Gasteiger partial charge in [0, 0.05) is 24.6 Å². The van der Waals surface area contributed by atoms with Crippen LogP contribution in [-0.2, 0) is 21.4 Å². The number of halogens is 1. The molecule has 0 saturated heterocycles. The van der Waals surface area contributed by atoms with Gasteiger partial charge in [-0.1, -0.05) is 60.2 Å². The highest BCUT2D eigenvalue weighted by Crippen LogP contribution is 2.30. The molecule has 1 N–H and O–H groups in total. The van der Waals surface area contributed by atoms with Crippen molar-refractivity contribution < 1.29 is 22.3 Å². The molecule has 188 valence electrons. The van der Waals surface area contributed by atoms with Crippen LogP contribution in [-0.4, -0.2) is 32.4 Å². The highest BCUT2D eigenvalue weighted by Gasteiger charge is 2.30. The van der Waals surface area contributed by atoms with Gasteiger partial charge in [0.05, 0.1) is 18.0 Å². The van der Waals surface area contributed by atoms with Gasteiger partial charge >= 0.3 is 0 Å². The summed E-state index contributed by atoms with van der Waals surface area (Å²) < 4.78 is 48.4. The average Bonchev–Trinajstić information content (AvgIpc) is 2.86. The van der Waals surface area contributed by atoms with Crippen LogP contribution in [0.3, 0.4) is 0 Å². The summed E-state index contributed by atoms with van der Waals surface area (Å²) in [6.07, 6.45) is 4.03. The fourth-order valence-electron chi connectivity index (χ4n) is 4.23. The van der Waals surface area contributed by atoms with Crippen LogP contribution in [0.15, 0.2) is 89.8 Å². The second-order valence-corrected chi connectivity index (χ2v) is 10.5. The Morgan fingerprint density at radius 2 is 1.72 bits per heavy atom. The molecule has 0 aliphatic carbocycles. The van der Waals surface area contributed by atoms with E-state index in [0.29, 0.717) is 17.7 Å². The summed E-state index contributed by atoms with van der Waals surface area (Å²) in [5.41, 5.74) is 2.18. The maximum atomic E-state index is 14.5. The summed E-state index contributed by atoms with van der Waals surface area (Å²) in [6, 6.07) is 19.2. The monoisotopic (exact) mass is 508 g/mol. The Balaban J connectivity index is 1.64. The van der Waals surface area contributed by atoms with Crippen LogP contribution in [0, 0.1) is 12.7 Å². The maximum absolute atomic E-state index is 14.5. The van der Waals surface area contributed by atoms with Crippen LogP contribution in [0.2, 0.25) is 0 Å². The minimum Gasteiger partial charge on any atom is -0.497 e. The zero-order valence-corrected chi connectivity index (χ0v) is 21.0. The van der Waals surface area contributed by atoms with Gasteiger partial charge in [0.1, 0.15) is 11.6 Å². The van der Waals surface area contributed by atoms with E-state index in [9.17, 15) is 17.6 Å². The fraction of sp³-hybridized carbons (Fsp3) is 0.250. The Hall–Kier alpha value is -3.49. The number of sulfonamides is 1. The summed E-state index contributed by atoms with van der Waals surface area (Å²) in [7, 11) is -2.23. The molecule has 1 heterocycles. The molecular formula is C28H29FN2O4S. The largest absolute Gasteiger partial charge is 0.497 e. The maximum Gasteiger partial charge on any atom is 0.240 e. The first kappa shape index (κ1) is 25.6. The second-order valence-electron chi connectivity index (χ2n) is 8.83. The van der Waals surface area contributed by atoms with Gasteiger partial charge in [-0.05, 0) is 49.2 Å². The Bertz CT molecular complexity index is 1340. The molecule has 1 amide bonds. The number of ether oxygens (including phenoxy) is 1. The third kappa shape index (κ3) is 6.01. The predicted octanol–water partition coefficient (Wildman–Crippen LogP) is 4.91. The van der Waals surface area contributed by atoms with Crippen molar-refractivity contribution in [3.63, 3.8) is 0 Å². The fourth-order valence-corrected chi connectivity index (χ4v) is 5.47. The molecule has 0 fully saturated rings. The highest BCUT2D eigenvalue weighted by atomic mass is 32.2. The van der Waals surface area contributed by atoms with Crippen LogP contribution in [0.4, 0.5) is 4.39 Å². The van der Waals surface area contributed by atoms with Crippen molar-refractivity contribution in [2.24, 2.45) is 0 Å². The number of methoxy groups -OCH3 is 1. The Kier molecular flexibility index (Phi) is 7.86. The zero-order valence-electron chi connectivity index (χ0n) is 20.2. The van der Waals surface area contributed by atoms with Crippen LogP contribution in [0.1, 0.15) is 35.6 Å². The van der Waals surface area contributed by atoms with E-state index < -0.39 is 27.9 Å². The first-order valence-electron chi connectivity index (χ1n) is 11.7. The van der Waals surface area contributed by atoms with E-state index in [1.807, 2.05) is 43.3 Å². The van der Waals surface area contributed by atoms with Gasteiger partial charge in [-0.25, -0.2) is 17.5 Å². The SMILES string of the molecule is COc1ccc([C@H]2/C=C\C[C@H](NS(=O)(=O)c3ccc(C)cc3)CC(=O)N2Cc2ccccc2F)cc1. The molecule has 6 nitrogen and oxygen atoms in total. The molecule has 8 heteroatoms. The molecule has 0 saturated carbocycles. The first-order chi connectivity index (χ1) is 17.3. The standard InChI is InChI=1S/C28H29FN2O4S/c1-20-10-16-25(17-11-20)36(33,34)30-23-7-5-9-27(21-12-14-24(35-2)15-13-21)31(28(32)18-23)19-22-6-3-4-8-26(22)29/h3-6,8-17,23,27,30H,7,18-19H2,1-2H3/b9-5-/t23-,27+/m0/s1. The van der Waals surface area contributed by atoms with Gasteiger partial charge < -0.3 is 9.64 Å². The molecule has 0 spiro atoms. The highest BCUT2D eigenvalue weighted by molar-refractivity contribution is 7.89. The molecule has 3 aromatic rings. The molecule has 3 aromatic carbocycles. The predicted molar refractivity (Wildman–Crippen MR) is 136 cm³/mol. The van der Waals surface area contributed by atoms with Crippen LogP contribution in [0.25, 0.3) is 0 Å². The molecule has 4 rings (SSSR count). The van der Waals surface area contributed by atoms with E-state index in [1.54, 1.807) is 54.5 Å². The molecule has 2 atom stereocenters. The first-order valence-corrected chi connectivity index (χ1v) is 13.2. The van der Waals surface area contributed by atoms with Crippen LogP contribution >= 0.6 is 0 Å². The van der Waals surface area contributed by atoms with Crippen molar-refractivity contribution in [1.82, 2.24) is 9.62 Å². The Labute approximate surface area is 211 Å². The minimum absolute atomic E-state index is 0.0456. The number of carbonyl (C=O) groups is 1. The summed E-state index contributed by atoms with van der Waals surface area (Å²) in [4.78, 5) is 15.3. The lowest BCUT2D eigenvalue weighted by Crippen LogP contribution is -2.42. The number of rotatable bonds is 7. The van der Waals surface area contributed by atoms with E-state index in [1.165, 1.54) is 6.07 Å². The number of hydrogen-bond acceptors (Lipinski definition) is 4. The number of amides is 1. The van der Waals surface area contributed by atoms with E-state index >= 15 is 0 Å². The molecule has 36 heavy (non-hydrogen) atoms. The van der Waals surface area contributed by atoms with Crippen LogP contribution in [0.5, 0.6) is 5.75 Å². The molecule has 0 radical (unpaired) electrons. The zero-order chi connectivity index (χ0) is 25.7. The van der Waals surface area contributed by atoms with Gasteiger partial charge in [0.25, 0.3) is 0 Å². The van der Waals surface area contributed by atoms with E-state index in [-0.39, 0.29) is 23.8 Å². The lowest BCUT2D eigenvalue weighted by molar-refractivity contribution is -0.134. The van der Waals surface area contributed by atoms with Gasteiger partial charge in [-0.15, -0.1) is 0 Å². The van der Waals surface area contributed by atoms with Crippen molar-refractivity contribution in [2.75, 3.05) is 7.11 Å². The summed E-state index contributed by atoms with van der Waals surface area (Å²) in [5, 5.41) is 0. The van der Waals surface area contributed by atoms with Gasteiger partial charge in [0.2, 0.25) is 15.9 Å². The normalized spacial score (nSPS) is 19.4. The van der Waals surface area contributed by atoms with E-state index in [2.05, 4.69) is 4.72 Å². The summed E-state index contributed by atoms with van der Waals surface area (Å²) >= 11 is 0. The van der Waals surface area contributed by atoms with Crippen molar-refractivity contribution in [2.45, 2.75) is 43.3 Å². The number of benzene rings is 3. The van der Waals surface area contributed by atoms with Gasteiger partial charge in [0.15, 0.2) is 0 Å². The number of carbonyl (C=O) groups excluding carboxylic acids is 1. The quantitative estimate of drug-likeness (QED) is 0.460. The minimum atomic E-state index is -3.81. The van der Waals surface area contributed by atoms with E-state index in [4.69, 9.17) is 4.74 Å². The summed E-state index contributed by atoms with van der Waals surface area (Å²) in [6.45, 7) is 1.93. The van der Waals surface area contributed by atoms with Crippen LogP contribution < -0.4 is 9.46 Å². The smallest absolute Gasteiger partial charge is 0.240 e. The number of hydrogen-bond donors (Lipinski definition) is 1. The topological polar surface area (TPSA) is 75.7 Å². The molecule has 0 bridgehead atoms. The van der Waals surface area contributed by atoms with Gasteiger partial charge in [-0.3, -0.25) is 4.79 Å². The van der Waals surface area contributed by atoms with Crippen molar-refractivity contribution in [3.8, 4) is 5.75 Å². The van der Waals surface area contributed by atoms with Crippen molar-refractivity contribution in [1.29, 1.82) is 0 Å². The number of aryl methyl sites for hydroxylation is 1. The second kappa shape index (κ2) is 11.1. The Morgan fingerprint density at radius 1 is 1.03 bits per heavy atom. The molecule has 1 aliphatic heterocycles. The van der Waals surface area contributed by atoms with Crippen molar-refractivity contribution >= 4 is 15.9 Å². The molecular weight excluding hydrogens is 479 g/mol. The molecule has 1 aliphatic rings. The molecule has 0 aromatic heterocycles. The third-order valence-corrected chi connectivity index (χ3v) is 7.76. The lowest BCUT2D eigenvalue weighted by atomic mass is 9.98. The molecule has 0 unspecified atom stereocenters. The lowest BCUT2D eigenvalue weighted by Gasteiger charge is -2.33. The Morgan fingerprint density at radius 3 is 2.39 bits per heavy atom.